The van der Waals surface area contributed by atoms with Crippen LogP contribution in [0.1, 0.15) is 35.1 Å². The molecule has 0 bridgehead atoms. The van der Waals surface area contributed by atoms with Crippen LogP contribution in [0.15, 0.2) is 46.9 Å². The van der Waals surface area contributed by atoms with Crippen molar-refractivity contribution < 1.29 is 23.1 Å². The summed E-state index contributed by atoms with van der Waals surface area (Å²) in [5.74, 6) is -4.34. The molecule has 0 heterocycles. The Morgan fingerprint density at radius 1 is 1.23 bits per heavy atom. The van der Waals surface area contributed by atoms with Crippen LogP contribution in [0.4, 0.5) is 13.2 Å². The molecule has 7 heteroatoms. The summed E-state index contributed by atoms with van der Waals surface area (Å²) in [6.45, 7) is 1.82. The van der Waals surface area contributed by atoms with Crippen LogP contribution < -0.4 is 0 Å². The zero-order valence-corrected chi connectivity index (χ0v) is 15.3. The first-order valence-corrected chi connectivity index (χ1v) is 8.56. The maximum Gasteiger partial charge on any atom is 0.416 e. The van der Waals surface area contributed by atoms with Crippen LogP contribution in [0.2, 0.25) is 0 Å². The molecule has 26 heavy (non-hydrogen) atoms. The second-order valence-electron chi connectivity index (χ2n) is 5.70. The molecule has 2 unspecified atom stereocenters. The largest absolute Gasteiger partial charge is 0.480 e. The minimum atomic E-state index is -4.66. The molecule has 2 aromatic carbocycles. The fraction of sp³-hybridized carbons (Fsp3) is 0.263. The van der Waals surface area contributed by atoms with Crippen LogP contribution in [0, 0.1) is 17.2 Å². The number of hydrogen-bond acceptors (Lipinski definition) is 2. The number of rotatable bonds is 5. The Hall–Kier alpha value is -2.33. The number of alkyl halides is 3. The summed E-state index contributed by atoms with van der Waals surface area (Å²) in [5, 5.41) is 18.8. The summed E-state index contributed by atoms with van der Waals surface area (Å²) in [7, 11) is 0. The highest BCUT2D eigenvalue weighted by molar-refractivity contribution is 9.10. The molecule has 0 radical (unpaired) electrons. The number of hydrogen-bond donors (Lipinski definition) is 1. The van der Waals surface area contributed by atoms with Gasteiger partial charge in [-0.25, -0.2) is 0 Å². The number of carbonyl (C=O) groups is 1. The van der Waals surface area contributed by atoms with Gasteiger partial charge in [-0.3, -0.25) is 4.79 Å². The summed E-state index contributed by atoms with van der Waals surface area (Å²) in [5.41, 5.74) is -0.0633. The molecule has 2 aromatic rings. The zero-order valence-electron chi connectivity index (χ0n) is 13.7. The Balaban J connectivity index is 2.81. The summed E-state index contributed by atoms with van der Waals surface area (Å²) >= 11 is 3.31. The van der Waals surface area contributed by atoms with Gasteiger partial charge >= 0.3 is 12.1 Å². The van der Waals surface area contributed by atoms with Crippen LogP contribution in [-0.4, -0.2) is 11.1 Å². The van der Waals surface area contributed by atoms with E-state index in [-0.39, 0.29) is 5.56 Å². The lowest BCUT2D eigenvalue weighted by molar-refractivity contribution is -0.142. The lowest BCUT2D eigenvalue weighted by atomic mass is 9.77. The predicted octanol–water partition coefficient (Wildman–Crippen LogP) is 5.39. The minimum absolute atomic E-state index is 0.217. The molecule has 0 fully saturated rings. The lowest BCUT2D eigenvalue weighted by Gasteiger charge is -2.26. The highest BCUT2D eigenvalue weighted by Crippen LogP contribution is 2.42. The molecular formula is C19H15BrF3NO2. The number of nitriles is 1. The van der Waals surface area contributed by atoms with E-state index in [1.165, 1.54) is 18.2 Å². The summed E-state index contributed by atoms with van der Waals surface area (Å²) in [6.07, 6.45) is -4.17. The van der Waals surface area contributed by atoms with E-state index in [4.69, 9.17) is 0 Å². The molecule has 3 nitrogen and oxygen atoms in total. The average molecular weight is 426 g/mol. The van der Waals surface area contributed by atoms with Crippen LogP contribution >= 0.6 is 15.9 Å². The maximum atomic E-state index is 13.5. The van der Waals surface area contributed by atoms with E-state index in [0.29, 0.717) is 17.5 Å². The van der Waals surface area contributed by atoms with Crippen molar-refractivity contribution in [1.29, 1.82) is 5.26 Å². The number of benzene rings is 2. The molecule has 0 aromatic heterocycles. The van der Waals surface area contributed by atoms with Gasteiger partial charge in [0.1, 0.15) is 0 Å². The normalized spacial score (nSPS) is 13.7. The molecule has 0 aliphatic carbocycles. The Labute approximate surface area is 157 Å². The molecule has 0 aliphatic rings. The Bertz CT molecular complexity index is 859. The van der Waals surface area contributed by atoms with Gasteiger partial charge in [-0.05, 0) is 41.3 Å². The van der Waals surface area contributed by atoms with Gasteiger partial charge in [-0.1, -0.05) is 47.1 Å². The molecule has 2 atom stereocenters. The smallest absolute Gasteiger partial charge is 0.416 e. The fourth-order valence-corrected chi connectivity index (χ4v) is 3.42. The van der Waals surface area contributed by atoms with Crippen LogP contribution in [0.5, 0.6) is 0 Å². The highest BCUT2D eigenvalue weighted by atomic mass is 79.9. The van der Waals surface area contributed by atoms with E-state index in [9.17, 15) is 28.3 Å². The predicted molar refractivity (Wildman–Crippen MR) is 93.5 cm³/mol. The van der Waals surface area contributed by atoms with Gasteiger partial charge in [-0.15, -0.1) is 0 Å². The van der Waals surface area contributed by atoms with Gasteiger partial charge in [0.05, 0.1) is 11.6 Å². The van der Waals surface area contributed by atoms with E-state index < -0.39 is 29.5 Å². The van der Waals surface area contributed by atoms with Crippen molar-refractivity contribution >= 4 is 21.9 Å². The van der Waals surface area contributed by atoms with Crippen molar-refractivity contribution in [3.05, 3.63) is 69.2 Å². The van der Waals surface area contributed by atoms with Gasteiger partial charge in [0, 0.05) is 10.4 Å². The van der Waals surface area contributed by atoms with Crippen molar-refractivity contribution in [2.45, 2.75) is 25.4 Å². The van der Waals surface area contributed by atoms with Crippen LogP contribution in [0.3, 0.4) is 0 Å². The van der Waals surface area contributed by atoms with Gasteiger partial charge in [0.25, 0.3) is 0 Å². The van der Waals surface area contributed by atoms with Crippen LogP contribution in [-0.2, 0) is 17.4 Å². The van der Waals surface area contributed by atoms with E-state index >= 15 is 0 Å². The Morgan fingerprint density at radius 2 is 1.88 bits per heavy atom. The molecule has 1 N–H and O–H groups in total. The standard InChI is InChI=1S/C19H15BrF3NO2/c1-2-11-9-12(20)7-8-13(11)17(15(10-24)18(25)26)14-5-3-4-6-16(14)19(21,22)23/h3-9,15,17H,2H2,1H3,(H,25,26). The molecule has 0 saturated heterocycles. The van der Waals surface area contributed by atoms with Crippen molar-refractivity contribution in [3.8, 4) is 6.07 Å². The monoisotopic (exact) mass is 425 g/mol. The average Bonchev–Trinajstić information content (AvgIpc) is 2.58. The second-order valence-corrected chi connectivity index (χ2v) is 6.62. The Morgan fingerprint density at radius 3 is 2.42 bits per heavy atom. The van der Waals surface area contributed by atoms with Crippen molar-refractivity contribution in [2.75, 3.05) is 0 Å². The van der Waals surface area contributed by atoms with Crippen molar-refractivity contribution in [1.82, 2.24) is 0 Å². The van der Waals surface area contributed by atoms with E-state index in [2.05, 4.69) is 15.9 Å². The second kappa shape index (κ2) is 7.92. The highest BCUT2D eigenvalue weighted by Gasteiger charge is 2.40. The number of aliphatic carboxylic acids is 1. The SMILES string of the molecule is CCc1cc(Br)ccc1C(c1ccccc1C(F)(F)F)C(C#N)C(=O)O. The third kappa shape index (κ3) is 4.07. The number of aryl methyl sites for hydroxylation is 1. The third-order valence-electron chi connectivity index (χ3n) is 4.16. The minimum Gasteiger partial charge on any atom is -0.480 e. The molecule has 0 saturated carbocycles. The summed E-state index contributed by atoms with van der Waals surface area (Å²) in [6, 6.07) is 11.4. The first kappa shape index (κ1) is 20.0. The van der Waals surface area contributed by atoms with Gasteiger partial charge in [-0.2, -0.15) is 18.4 Å². The van der Waals surface area contributed by atoms with E-state index in [1.807, 2.05) is 6.92 Å². The lowest BCUT2D eigenvalue weighted by Crippen LogP contribution is -2.25. The Kier molecular flexibility index (Phi) is 6.09. The molecule has 2 rings (SSSR count). The summed E-state index contributed by atoms with van der Waals surface area (Å²) in [4.78, 5) is 11.6. The zero-order chi connectivity index (χ0) is 19.5. The number of halogens is 4. The first-order valence-electron chi connectivity index (χ1n) is 7.77. The number of carboxylic acids is 1. The third-order valence-corrected chi connectivity index (χ3v) is 4.65. The quantitative estimate of drug-likeness (QED) is 0.698. The van der Waals surface area contributed by atoms with E-state index in [1.54, 1.807) is 24.3 Å². The maximum absolute atomic E-state index is 13.5. The topological polar surface area (TPSA) is 61.1 Å². The molecule has 0 spiro atoms. The van der Waals surface area contributed by atoms with Crippen molar-refractivity contribution in [3.63, 3.8) is 0 Å². The molecular weight excluding hydrogens is 411 g/mol. The van der Waals surface area contributed by atoms with Gasteiger partial charge in [0.2, 0.25) is 0 Å². The number of carboxylic acid groups (broad SMARTS) is 1. The number of nitrogens with zero attached hydrogens (tertiary/aromatic N) is 1. The van der Waals surface area contributed by atoms with Crippen molar-refractivity contribution in [2.24, 2.45) is 5.92 Å². The molecule has 0 aliphatic heterocycles. The van der Waals surface area contributed by atoms with Crippen LogP contribution in [0.25, 0.3) is 0 Å². The first-order chi connectivity index (χ1) is 12.2. The van der Waals surface area contributed by atoms with Gasteiger partial charge in [0.15, 0.2) is 5.92 Å². The fourth-order valence-electron chi connectivity index (χ4n) is 3.01. The molecule has 136 valence electrons. The van der Waals surface area contributed by atoms with E-state index in [0.717, 1.165) is 10.5 Å². The van der Waals surface area contributed by atoms with Gasteiger partial charge < -0.3 is 5.11 Å². The molecule has 0 amide bonds. The summed E-state index contributed by atoms with van der Waals surface area (Å²) < 4.78 is 41.2.